The first-order valence-electron chi connectivity index (χ1n) is 17.9. The monoisotopic (exact) mass is 656 g/mol. The van der Waals surface area contributed by atoms with Crippen LogP contribution in [0.2, 0.25) is 0 Å². The van der Waals surface area contributed by atoms with Gasteiger partial charge in [-0.1, -0.05) is 135 Å². The molecule has 0 bridgehead atoms. The molecule has 0 atom stereocenters. The minimum absolute atomic E-state index is 0.0937. The van der Waals surface area contributed by atoms with Gasteiger partial charge in [0.05, 0.1) is 5.52 Å². The quantitative estimate of drug-likeness (QED) is 0.173. The summed E-state index contributed by atoms with van der Waals surface area (Å²) in [5.74, 6) is 0. The molecule has 2 heteroatoms. The maximum Gasteiger partial charge on any atom is 0.0554 e. The lowest BCUT2D eigenvalue weighted by atomic mass is 9.82. The molecule has 1 aliphatic rings. The zero-order chi connectivity index (χ0) is 34.7. The second kappa shape index (κ2) is 12.0. The molecule has 0 saturated carbocycles. The Labute approximate surface area is 300 Å². The van der Waals surface area contributed by atoms with E-state index in [-0.39, 0.29) is 5.41 Å². The highest BCUT2D eigenvalue weighted by Crippen LogP contribution is 2.51. The Morgan fingerprint density at radius 1 is 0.451 bits per heavy atom. The zero-order valence-corrected chi connectivity index (χ0v) is 29.6. The molecule has 7 aromatic carbocycles. The largest absolute Gasteiger partial charge is 0.314 e. The number of anilines is 3. The minimum Gasteiger partial charge on any atom is -0.314 e. The van der Waals surface area contributed by atoms with Gasteiger partial charge in [-0.05, 0) is 112 Å². The van der Waals surface area contributed by atoms with Gasteiger partial charge in [0.1, 0.15) is 0 Å². The highest BCUT2D eigenvalue weighted by Gasteiger charge is 2.35. The molecule has 0 fully saturated rings. The molecule has 8 aromatic rings. The van der Waals surface area contributed by atoms with Crippen molar-refractivity contribution in [2.24, 2.45) is 0 Å². The van der Waals surface area contributed by atoms with Gasteiger partial charge in [-0.15, -0.1) is 0 Å². The highest BCUT2D eigenvalue weighted by atomic mass is 15.1. The Kier molecular flexibility index (Phi) is 7.29. The van der Waals surface area contributed by atoms with E-state index in [1.807, 2.05) is 0 Å². The van der Waals surface area contributed by atoms with Crippen molar-refractivity contribution in [1.29, 1.82) is 0 Å². The number of nitrogens with zero attached hydrogens (tertiary/aromatic N) is 2. The molecular formula is C49H40N2. The van der Waals surface area contributed by atoms with Crippen LogP contribution in [0.1, 0.15) is 36.2 Å². The summed E-state index contributed by atoms with van der Waals surface area (Å²) in [5.41, 5.74) is 18.5. The summed E-state index contributed by atoms with van der Waals surface area (Å²) in [6.45, 7) is 9.19. The van der Waals surface area contributed by atoms with Crippen molar-refractivity contribution in [3.8, 4) is 39.1 Å². The molecule has 246 valence electrons. The van der Waals surface area contributed by atoms with Crippen molar-refractivity contribution in [1.82, 2.24) is 4.57 Å². The summed E-state index contributed by atoms with van der Waals surface area (Å²) < 4.78 is 2.42. The third-order valence-electron chi connectivity index (χ3n) is 11.1. The van der Waals surface area contributed by atoms with E-state index in [0.717, 1.165) is 17.1 Å². The second-order valence-electron chi connectivity index (χ2n) is 14.3. The van der Waals surface area contributed by atoms with Crippen molar-refractivity contribution < 1.29 is 0 Å². The van der Waals surface area contributed by atoms with Crippen LogP contribution in [0.25, 0.3) is 50.0 Å². The van der Waals surface area contributed by atoms with Crippen LogP contribution in [0.15, 0.2) is 170 Å². The maximum atomic E-state index is 2.42. The predicted molar refractivity (Wildman–Crippen MR) is 216 cm³/mol. The number of rotatable bonds is 6. The first kappa shape index (κ1) is 30.9. The van der Waals surface area contributed by atoms with Crippen LogP contribution in [0, 0.1) is 13.8 Å². The molecule has 9 rings (SSSR count). The molecule has 0 N–H and O–H groups in total. The van der Waals surface area contributed by atoms with Crippen LogP contribution in [-0.2, 0) is 5.41 Å². The van der Waals surface area contributed by atoms with Crippen molar-refractivity contribution in [2.45, 2.75) is 33.1 Å². The van der Waals surface area contributed by atoms with Gasteiger partial charge in [0.25, 0.3) is 0 Å². The molecule has 1 heterocycles. The molecule has 0 radical (unpaired) electrons. The van der Waals surface area contributed by atoms with Gasteiger partial charge in [0.15, 0.2) is 0 Å². The zero-order valence-electron chi connectivity index (χ0n) is 29.6. The lowest BCUT2D eigenvalue weighted by Crippen LogP contribution is -2.16. The average molecular weight is 657 g/mol. The summed E-state index contributed by atoms with van der Waals surface area (Å²) >= 11 is 0. The lowest BCUT2D eigenvalue weighted by Gasteiger charge is -2.28. The van der Waals surface area contributed by atoms with E-state index in [2.05, 4.69) is 207 Å². The number of fused-ring (bicyclic) bond motifs is 4. The summed E-state index contributed by atoms with van der Waals surface area (Å²) in [6.07, 6.45) is 0. The SMILES string of the molecule is Cc1c(C)n(-c2ccc(-c3ccccc3)cc2)c2cc(N(c3ccc(-c4ccccc4)cc3)c3ccc4c(c3)C(C)(C)c3ccccc3-4)ccc12. The van der Waals surface area contributed by atoms with Gasteiger partial charge in [-0.3, -0.25) is 0 Å². The highest BCUT2D eigenvalue weighted by molar-refractivity contribution is 5.93. The fourth-order valence-electron chi connectivity index (χ4n) is 8.18. The second-order valence-corrected chi connectivity index (χ2v) is 14.3. The number of aryl methyl sites for hydroxylation is 1. The molecular weight excluding hydrogens is 617 g/mol. The molecule has 51 heavy (non-hydrogen) atoms. The Morgan fingerprint density at radius 3 is 1.63 bits per heavy atom. The van der Waals surface area contributed by atoms with Crippen LogP contribution >= 0.6 is 0 Å². The van der Waals surface area contributed by atoms with Crippen LogP contribution in [0.3, 0.4) is 0 Å². The van der Waals surface area contributed by atoms with Crippen molar-refractivity contribution in [3.05, 3.63) is 192 Å². The Balaban J connectivity index is 1.20. The standard InChI is InChI=1S/C49H40N2/c1-33-34(2)50(39-23-19-37(20-24-39)35-13-7-5-8-14-35)48-32-42(27-29-43(33)48)51(40-25-21-38(22-26-40)36-15-9-6-10-16-36)41-28-30-45-44-17-11-12-18-46(44)49(3,4)47(45)31-41/h5-32H,1-4H3. The molecule has 0 spiro atoms. The third kappa shape index (κ3) is 5.10. The Bertz CT molecular complexity index is 2540. The molecule has 0 amide bonds. The van der Waals surface area contributed by atoms with Gasteiger partial charge in [0, 0.05) is 39.2 Å². The van der Waals surface area contributed by atoms with Gasteiger partial charge >= 0.3 is 0 Å². The Hall–Kier alpha value is -6.12. The number of hydrogen-bond donors (Lipinski definition) is 0. The lowest BCUT2D eigenvalue weighted by molar-refractivity contribution is 0.660. The molecule has 0 aliphatic heterocycles. The topological polar surface area (TPSA) is 8.17 Å². The minimum atomic E-state index is -0.0937. The van der Waals surface area contributed by atoms with Crippen LogP contribution in [-0.4, -0.2) is 4.57 Å². The number of aromatic nitrogens is 1. The van der Waals surface area contributed by atoms with Gasteiger partial charge in [-0.2, -0.15) is 0 Å². The predicted octanol–water partition coefficient (Wildman–Crippen LogP) is 13.4. The molecule has 1 aliphatic carbocycles. The number of benzene rings is 7. The van der Waals surface area contributed by atoms with E-state index in [1.165, 1.54) is 72.4 Å². The van der Waals surface area contributed by atoms with E-state index in [9.17, 15) is 0 Å². The van der Waals surface area contributed by atoms with Gasteiger partial charge < -0.3 is 9.47 Å². The van der Waals surface area contributed by atoms with Crippen molar-refractivity contribution in [3.63, 3.8) is 0 Å². The smallest absolute Gasteiger partial charge is 0.0554 e. The summed E-state index contributed by atoms with van der Waals surface area (Å²) in [7, 11) is 0. The van der Waals surface area contributed by atoms with Crippen LogP contribution in [0.4, 0.5) is 17.1 Å². The van der Waals surface area contributed by atoms with E-state index in [0.29, 0.717) is 0 Å². The molecule has 2 nitrogen and oxygen atoms in total. The average Bonchev–Trinajstić information content (AvgIpc) is 3.57. The summed E-state index contributed by atoms with van der Waals surface area (Å²) in [5, 5.41) is 1.27. The fourth-order valence-corrected chi connectivity index (χ4v) is 8.18. The van der Waals surface area contributed by atoms with E-state index < -0.39 is 0 Å². The summed E-state index contributed by atoms with van der Waals surface area (Å²) in [6, 6.07) is 62.1. The fraction of sp³-hybridized carbons (Fsp3) is 0.102. The Morgan fingerprint density at radius 2 is 0.961 bits per heavy atom. The first-order chi connectivity index (χ1) is 24.9. The van der Waals surface area contributed by atoms with E-state index in [1.54, 1.807) is 0 Å². The van der Waals surface area contributed by atoms with Crippen molar-refractivity contribution in [2.75, 3.05) is 4.90 Å². The first-order valence-corrected chi connectivity index (χ1v) is 17.9. The molecule has 1 aromatic heterocycles. The summed E-state index contributed by atoms with van der Waals surface area (Å²) in [4.78, 5) is 2.42. The normalized spacial score (nSPS) is 12.9. The molecule has 0 unspecified atom stereocenters. The van der Waals surface area contributed by atoms with Crippen LogP contribution < -0.4 is 4.90 Å². The van der Waals surface area contributed by atoms with Crippen LogP contribution in [0.5, 0.6) is 0 Å². The third-order valence-corrected chi connectivity index (χ3v) is 11.1. The molecule has 0 saturated heterocycles. The van der Waals surface area contributed by atoms with Gasteiger partial charge in [-0.25, -0.2) is 0 Å². The number of hydrogen-bond acceptors (Lipinski definition) is 1. The maximum absolute atomic E-state index is 2.42. The van der Waals surface area contributed by atoms with Crippen molar-refractivity contribution >= 4 is 28.0 Å². The van der Waals surface area contributed by atoms with Gasteiger partial charge in [0.2, 0.25) is 0 Å². The van der Waals surface area contributed by atoms with E-state index in [4.69, 9.17) is 0 Å². The van der Waals surface area contributed by atoms with E-state index >= 15 is 0 Å².